The number of hydrogen-bond donors (Lipinski definition) is 2. The van der Waals surface area contributed by atoms with Gasteiger partial charge in [-0.25, -0.2) is 0 Å². The second kappa shape index (κ2) is 10.6. The number of amides is 1. The van der Waals surface area contributed by atoms with Crippen molar-refractivity contribution in [1.82, 2.24) is 5.32 Å². The lowest BCUT2D eigenvalue weighted by Gasteiger charge is -2.33. The fourth-order valence-electron chi connectivity index (χ4n) is 4.63. The van der Waals surface area contributed by atoms with Crippen LogP contribution in [0.2, 0.25) is 0 Å². The molecular formula is C25H31N5O4. The van der Waals surface area contributed by atoms with Gasteiger partial charge in [0.2, 0.25) is 5.91 Å². The van der Waals surface area contributed by atoms with Crippen molar-refractivity contribution in [1.29, 1.82) is 0 Å². The predicted molar refractivity (Wildman–Crippen MR) is 132 cm³/mol. The summed E-state index contributed by atoms with van der Waals surface area (Å²) in [7, 11) is 0. The van der Waals surface area contributed by atoms with E-state index in [0.717, 1.165) is 62.5 Å². The van der Waals surface area contributed by atoms with Gasteiger partial charge in [0.05, 0.1) is 11.5 Å². The van der Waals surface area contributed by atoms with Gasteiger partial charge < -0.3 is 20.4 Å². The Balaban J connectivity index is 1.24. The Labute approximate surface area is 199 Å². The molecule has 9 heteroatoms. The highest BCUT2D eigenvalue weighted by Gasteiger charge is 2.26. The van der Waals surface area contributed by atoms with E-state index in [1.54, 1.807) is 19.1 Å². The molecule has 0 aromatic heterocycles. The highest BCUT2D eigenvalue weighted by Crippen LogP contribution is 2.27. The molecule has 1 unspecified atom stereocenters. The van der Waals surface area contributed by atoms with Crippen molar-refractivity contribution in [2.75, 3.05) is 47.8 Å². The molecule has 1 amide bonds. The number of hydrogen-bond acceptors (Lipinski definition) is 7. The molecule has 1 atom stereocenters. The molecule has 34 heavy (non-hydrogen) atoms. The fourth-order valence-corrected chi connectivity index (χ4v) is 4.63. The minimum absolute atomic E-state index is 0.0331. The molecule has 9 nitrogen and oxygen atoms in total. The molecule has 180 valence electrons. The van der Waals surface area contributed by atoms with Crippen LogP contribution < -0.4 is 20.4 Å². The number of Topliss-reactive ketones (excluding diaryl/α,β-unsaturated/α-hetero) is 1. The molecule has 2 aliphatic rings. The maximum Gasteiger partial charge on any atom is 0.269 e. The van der Waals surface area contributed by atoms with E-state index >= 15 is 0 Å². The van der Waals surface area contributed by atoms with Gasteiger partial charge in [-0.3, -0.25) is 19.7 Å². The van der Waals surface area contributed by atoms with E-state index in [1.165, 1.54) is 12.1 Å². The Hall–Kier alpha value is -3.46. The van der Waals surface area contributed by atoms with Gasteiger partial charge in [0.1, 0.15) is 5.78 Å². The number of non-ortho nitro benzene ring substituents is 1. The lowest BCUT2D eigenvalue weighted by Crippen LogP contribution is -2.38. The van der Waals surface area contributed by atoms with Crippen LogP contribution in [0, 0.1) is 16.0 Å². The van der Waals surface area contributed by atoms with E-state index in [9.17, 15) is 19.7 Å². The maximum absolute atomic E-state index is 12.8. The summed E-state index contributed by atoms with van der Waals surface area (Å²) in [6, 6.07) is 14.8. The molecule has 2 aliphatic heterocycles. The van der Waals surface area contributed by atoms with Crippen LogP contribution >= 0.6 is 0 Å². The monoisotopic (exact) mass is 465 g/mol. The van der Waals surface area contributed by atoms with Gasteiger partial charge in [0.15, 0.2) is 0 Å². The molecular weight excluding hydrogens is 434 g/mol. The lowest BCUT2D eigenvalue weighted by atomic mass is 9.95. The molecule has 0 radical (unpaired) electrons. The lowest BCUT2D eigenvalue weighted by molar-refractivity contribution is -0.384. The summed E-state index contributed by atoms with van der Waals surface area (Å²) in [6.07, 6.45) is 2.48. The molecule has 0 saturated carbocycles. The molecule has 2 aromatic carbocycles. The number of nitrogens with one attached hydrogen (secondary N) is 2. The Morgan fingerprint density at radius 2 is 1.53 bits per heavy atom. The fraction of sp³-hybridized carbons (Fsp3) is 0.440. The largest absolute Gasteiger partial charge is 0.371 e. The quantitative estimate of drug-likeness (QED) is 0.455. The molecule has 2 fully saturated rings. The van der Waals surface area contributed by atoms with Crippen molar-refractivity contribution < 1.29 is 14.5 Å². The van der Waals surface area contributed by atoms with Crippen molar-refractivity contribution in [2.45, 2.75) is 32.2 Å². The number of carbonyl (C=O) groups excluding carboxylic acids is 2. The minimum atomic E-state index is -0.400. The molecule has 0 bridgehead atoms. The number of ketones is 1. The molecule has 0 spiro atoms. The Bertz CT molecular complexity index is 1020. The highest BCUT2D eigenvalue weighted by molar-refractivity contribution is 5.93. The van der Waals surface area contributed by atoms with Crippen LogP contribution in [-0.2, 0) is 9.59 Å². The zero-order valence-electron chi connectivity index (χ0n) is 19.4. The smallest absolute Gasteiger partial charge is 0.269 e. The zero-order valence-corrected chi connectivity index (χ0v) is 19.4. The highest BCUT2D eigenvalue weighted by atomic mass is 16.6. The molecule has 0 aliphatic carbocycles. The molecule has 2 N–H and O–H groups in total. The van der Waals surface area contributed by atoms with E-state index in [4.69, 9.17) is 0 Å². The first-order chi connectivity index (χ1) is 16.4. The SMILES string of the molecule is CC(=O)CNC1CCN(c2ccc(NC(=O)C3CCN(c4ccc([N+](=O)[O-])cc4)CC3)cc2)C1. The average molecular weight is 466 g/mol. The minimum Gasteiger partial charge on any atom is -0.371 e. The Kier molecular flexibility index (Phi) is 7.42. The van der Waals surface area contributed by atoms with Gasteiger partial charge >= 0.3 is 0 Å². The predicted octanol–water partition coefficient (Wildman–Crippen LogP) is 3.21. The topological polar surface area (TPSA) is 108 Å². The third-order valence-electron chi connectivity index (χ3n) is 6.62. The van der Waals surface area contributed by atoms with Crippen molar-refractivity contribution in [3.8, 4) is 0 Å². The van der Waals surface area contributed by atoms with Crippen molar-refractivity contribution in [2.24, 2.45) is 5.92 Å². The van der Waals surface area contributed by atoms with E-state index in [1.807, 2.05) is 24.3 Å². The number of benzene rings is 2. The maximum atomic E-state index is 12.8. The summed E-state index contributed by atoms with van der Waals surface area (Å²) in [5.74, 6) is 0.127. The zero-order chi connectivity index (χ0) is 24.1. The van der Waals surface area contributed by atoms with E-state index in [-0.39, 0.29) is 23.3 Å². The number of nitrogens with zero attached hydrogens (tertiary/aromatic N) is 3. The van der Waals surface area contributed by atoms with Gasteiger partial charge in [0.25, 0.3) is 5.69 Å². The summed E-state index contributed by atoms with van der Waals surface area (Å²) in [6.45, 7) is 5.29. The normalized spacial score (nSPS) is 18.7. The van der Waals surface area contributed by atoms with Gasteiger partial charge in [-0.2, -0.15) is 0 Å². The van der Waals surface area contributed by atoms with Crippen molar-refractivity contribution in [3.05, 3.63) is 58.6 Å². The Morgan fingerprint density at radius 3 is 2.15 bits per heavy atom. The van der Waals surface area contributed by atoms with Gasteiger partial charge in [-0.05, 0) is 62.6 Å². The van der Waals surface area contributed by atoms with Crippen molar-refractivity contribution >= 4 is 34.4 Å². The first-order valence-corrected chi connectivity index (χ1v) is 11.8. The number of nitro benzene ring substituents is 1. The van der Waals surface area contributed by atoms with Crippen LogP contribution in [0.1, 0.15) is 26.2 Å². The number of piperidine rings is 1. The van der Waals surface area contributed by atoms with Gasteiger partial charge in [-0.1, -0.05) is 0 Å². The molecule has 2 heterocycles. The van der Waals surface area contributed by atoms with Crippen LogP contribution in [0.4, 0.5) is 22.7 Å². The third-order valence-corrected chi connectivity index (χ3v) is 6.62. The standard InChI is InChI=1S/C25H31N5O4/c1-18(31)16-26-21-12-15-29(17-21)23-4-2-20(3-5-23)27-25(32)19-10-13-28(14-11-19)22-6-8-24(9-7-22)30(33)34/h2-9,19,21,26H,10-17H2,1H3,(H,27,32). The van der Waals surface area contributed by atoms with E-state index < -0.39 is 4.92 Å². The number of rotatable bonds is 8. The molecule has 2 aromatic rings. The molecule has 2 saturated heterocycles. The number of carbonyl (C=O) groups is 2. The van der Waals surface area contributed by atoms with E-state index in [2.05, 4.69) is 20.4 Å². The van der Waals surface area contributed by atoms with Gasteiger partial charge in [-0.15, -0.1) is 0 Å². The summed E-state index contributed by atoms with van der Waals surface area (Å²) < 4.78 is 0. The average Bonchev–Trinajstić information content (AvgIpc) is 3.32. The summed E-state index contributed by atoms with van der Waals surface area (Å²) in [5, 5.41) is 17.2. The van der Waals surface area contributed by atoms with Crippen LogP contribution in [0.3, 0.4) is 0 Å². The number of anilines is 3. The first-order valence-electron chi connectivity index (χ1n) is 11.8. The van der Waals surface area contributed by atoms with Crippen LogP contribution in [0.25, 0.3) is 0 Å². The van der Waals surface area contributed by atoms with Gasteiger partial charge in [0, 0.05) is 67.3 Å². The van der Waals surface area contributed by atoms with Crippen LogP contribution in [0.15, 0.2) is 48.5 Å². The first kappa shape index (κ1) is 23.7. The van der Waals surface area contributed by atoms with Crippen molar-refractivity contribution in [3.63, 3.8) is 0 Å². The summed E-state index contributed by atoms with van der Waals surface area (Å²) >= 11 is 0. The Morgan fingerprint density at radius 1 is 0.941 bits per heavy atom. The third kappa shape index (κ3) is 5.91. The van der Waals surface area contributed by atoms with E-state index in [0.29, 0.717) is 12.6 Å². The molecule has 4 rings (SSSR count). The van der Waals surface area contributed by atoms with Crippen LogP contribution in [0.5, 0.6) is 0 Å². The second-order valence-corrected chi connectivity index (χ2v) is 9.09. The summed E-state index contributed by atoms with van der Waals surface area (Å²) in [4.78, 5) is 38.8. The summed E-state index contributed by atoms with van der Waals surface area (Å²) in [5.41, 5.74) is 2.93. The second-order valence-electron chi connectivity index (χ2n) is 9.09. The number of nitro groups is 1. The van der Waals surface area contributed by atoms with Crippen LogP contribution in [-0.4, -0.2) is 55.4 Å².